The van der Waals surface area contributed by atoms with Crippen LogP contribution in [0.25, 0.3) is 0 Å². The Labute approximate surface area is 82.0 Å². The highest BCUT2D eigenvalue weighted by Gasteiger charge is 2.24. The first-order chi connectivity index (χ1) is 6.14. The molecule has 1 N–H and O–H groups in total. The third-order valence-corrected chi connectivity index (χ3v) is 2.57. The van der Waals surface area contributed by atoms with Gasteiger partial charge in [0.1, 0.15) is 0 Å². The van der Waals surface area contributed by atoms with Crippen molar-refractivity contribution >= 4 is 0 Å². The number of hydrogen-bond donors (Lipinski definition) is 1. The van der Waals surface area contributed by atoms with Crippen LogP contribution in [0.3, 0.4) is 0 Å². The summed E-state index contributed by atoms with van der Waals surface area (Å²) < 4.78 is 5.36. The topological polar surface area (TPSA) is 21.3 Å². The van der Waals surface area contributed by atoms with E-state index < -0.39 is 0 Å². The SMILES string of the molecule is CCOCCC(C)(C)CNC1CC1. The molecular weight excluding hydrogens is 162 g/mol. The molecule has 0 bridgehead atoms. The van der Waals surface area contributed by atoms with E-state index in [4.69, 9.17) is 4.74 Å². The van der Waals surface area contributed by atoms with Crippen LogP contribution in [0.5, 0.6) is 0 Å². The Hall–Kier alpha value is -0.0800. The average molecular weight is 185 g/mol. The van der Waals surface area contributed by atoms with Crippen molar-refractivity contribution < 1.29 is 4.74 Å². The van der Waals surface area contributed by atoms with Crippen molar-refractivity contribution in [3.8, 4) is 0 Å². The summed E-state index contributed by atoms with van der Waals surface area (Å²) in [6.07, 6.45) is 3.91. The fraction of sp³-hybridized carbons (Fsp3) is 1.00. The Balaban J connectivity index is 2.03. The van der Waals surface area contributed by atoms with Gasteiger partial charge < -0.3 is 10.1 Å². The van der Waals surface area contributed by atoms with E-state index in [1.165, 1.54) is 12.8 Å². The molecule has 0 aromatic heterocycles. The molecule has 1 saturated carbocycles. The van der Waals surface area contributed by atoms with Crippen molar-refractivity contribution in [3.05, 3.63) is 0 Å². The van der Waals surface area contributed by atoms with Crippen LogP contribution in [0.2, 0.25) is 0 Å². The van der Waals surface area contributed by atoms with Crippen LogP contribution < -0.4 is 5.32 Å². The molecule has 0 amide bonds. The van der Waals surface area contributed by atoms with Crippen LogP contribution in [0.1, 0.15) is 40.0 Å². The van der Waals surface area contributed by atoms with E-state index in [0.29, 0.717) is 5.41 Å². The van der Waals surface area contributed by atoms with E-state index in [1.807, 2.05) is 0 Å². The average Bonchev–Trinajstić information content (AvgIpc) is 2.84. The second-order valence-corrected chi connectivity index (χ2v) is 4.77. The van der Waals surface area contributed by atoms with Crippen LogP contribution >= 0.6 is 0 Å². The molecule has 0 atom stereocenters. The smallest absolute Gasteiger partial charge is 0.0471 e. The van der Waals surface area contributed by atoms with Gasteiger partial charge in [0.05, 0.1) is 0 Å². The first-order valence-electron chi connectivity index (χ1n) is 5.45. The molecule has 2 nitrogen and oxygen atoms in total. The van der Waals surface area contributed by atoms with Crippen molar-refractivity contribution in [3.63, 3.8) is 0 Å². The quantitative estimate of drug-likeness (QED) is 0.614. The fourth-order valence-electron chi connectivity index (χ4n) is 1.29. The standard InChI is InChI=1S/C11H23NO/c1-4-13-8-7-11(2,3)9-12-10-5-6-10/h10,12H,4-9H2,1-3H3. The second kappa shape index (κ2) is 4.97. The maximum absolute atomic E-state index is 5.36. The summed E-state index contributed by atoms with van der Waals surface area (Å²) in [5, 5.41) is 3.57. The van der Waals surface area contributed by atoms with Gasteiger partial charge in [-0.25, -0.2) is 0 Å². The molecule has 1 aliphatic carbocycles. The zero-order valence-electron chi connectivity index (χ0n) is 9.23. The van der Waals surface area contributed by atoms with Crippen molar-refractivity contribution in [1.82, 2.24) is 5.32 Å². The highest BCUT2D eigenvalue weighted by molar-refractivity contribution is 4.83. The summed E-state index contributed by atoms with van der Waals surface area (Å²) >= 11 is 0. The summed E-state index contributed by atoms with van der Waals surface area (Å²) in [5.41, 5.74) is 0.387. The molecule has 0 aliphatic heterocycles. The molecule has 0 saturated heterocycles. The molecule has 1 rings (SSSR count). The molecule has 13 heavy (non-hydrogen) atoms. The van der Waals surface area contributed by atoms with Gasteiger partial charge in [-0.3, -0.25) is 0 Å². The summed E-state index contributed by atoms with van der Waals surface area (Å²) in [6, 6.07) is 0.825. The van der Waals surface area contributed by atoms with Gasteiger partial charge in [0, 0.05) is 25.8 Å². The van der Waals surface area contributed by atoms with Crippen molar-refractivity contribution in [1.29, 1.82) is 0 Å². The first-order valence-corrected chi connectivity index (χ1v) is 5.45. The van der Waals surface area contributed by atoms with Gasteiger partial charge in [-0.15, -0.1) is 0 Å². The predicted octanol–water partition coefficient (Wildman–Crippen LogP) is 2.19. The Morgan fingerprint density at radius 3 is 2.62 bits per heavy atom. The van der Waals surface area contributed by atoms with Crippen molar-refractivity contribution in [2.45, 2.75) is 46.1 Å². The zero-order valence-corrected chi connectivity index (χ0v) is 9.23. The fourth-order valence-corrected chi connectivity index (χ4v) is 1.29. The minimum absolute atomic E-state index is 0.387. The Kier molecular flexibility index (Phi) is 4.20. The van der Waals surface area contributed by atoms with Crippen LogP contribution in [-0.2, 0) is 4.74 Å². The number of hydrogen-bond acceptors (Lipinski definition) is 2. The van der Waals surface area contributed by atoms with Crippen molar-refractivity contribution in [2.75, 3.05) is 19.8 Å². The summed E-state index contributed by atoms with van der Waals surface area (Å²) in [7, 11) is 0. The Morgan fingerprint density at radius 2 is 2.08 bits per heavy atom. The molecule has 0 aromatic rings. The lowest BCUT2D eigenvalue weighted by Gasteiger charge is -2.24. The third-order valence-electron chi connectivity index (χ3n) is 2.57. The van der Waals surface area contributed by atoms with E-state index in [-0.39, 0.29) is 0 Å². The van der Waals surface area contributed by atoms with Gasteiger partial charge in [0.25, 0.3) is 0 Å². The second-order valence-electron chi connectivity index (χ2n) is 4.77. The van der Waals surface area contributed by atoms with Crippen LogP contribution in [0.4, 0.5) is 0 Å². The number of nitrogens with one attached hydrogen (secondary N) is 1. The van der Waals surface area contributed by atoms with Crippen LogP contribution in [0.15, 0.2) is 0 Å². The lowest BCUT2D eigenvalue weighted by atomic mass is 9.90. The lowest BCUT2D eigenvalue weighted by molar-refractivity contribution is 0.113. The monoisotopic (exact) mass is 185 g/mol. The molecule has 1 fully saturated rings. The molecular formula is C11H23NO. The van der Waals surface area contributed by atoms with Crippen LogP contribution in [-0.4, -0.2) is 25.8 Å². The first kappa shape index (κ1) is 11.0. The summed E-state index contributed by atoms with van der Waals surface area (Å²) in [4.78, 5) is 0. The van der Waals surface area contributed by atoms with E-state index in [1.54, 1.807) is 0 Å². The van der Waals surface area contributed by atoms with Crippen molar-refractivity contribution in [2.24, 2.45) is 5.41 Å². The predicted molar refractivity (Wildman–Crippen MR) is 55.9 cm³/mol. The molecule has 0 aromatic carbocycles. The van der Waals surface area contributed by atoms with Gasteiger partial charge in [0.2, 0.25) is 0 Å². The van der Waals surface area contributed by atoms with Gasteiger partial charge in [-0.05, 0) is 31.6 Å². The minimum atomic E-state index is 0.387. The van der Waals surface area contributed by atoms with E-state index in [2.05, 4.69) is 26.1 Å². The van der Waals surface area contributed by atoms with Gasteiger partial charge in [0.15, 0.2) is 0 Å². The van der Waals surface area contributed by atoms with Gasteiger partial charge in [-0.1, -0.05) is 13.8 Å². The molecule has 78 valence electrons. The van der Waals surface area contributed by atoms with Gasteiger partial charge in [-0.2, -0.15) is 0 Å². The van der Waals surface area contributed by atoms with E-state index >= 15 is 0 Å². The minimum Gasteiger partial charge on any atom is -0.382 e. The molecule has 0 heterocycles. The maximum atomic E-state index is 5.36. The molecule has 0 unspecified atom stereocenters. The molecule has 0 radical (unpaired) electrons. The number of ether oxygens (including phenoxy) is 1. The molecule has 0 spiro atoms. The van der Waals surface area contributed by atoms with Crippen LogP contribution in [0, 0.1) is 5.41 Å². The highest BCUT2D eigenvalue weighted by atomic mass is 16.5. The summed E-state index contributed by atoms with van der Waals surface area (Å²) in [5.74, 6) is 0. The molecule has 2 heteroatoms. The lowest BCUT2D eigenvalue weighted by Crippen LogP contribution is -2.31. The Morgan fingerprint density at radius 1 is 1.38 bits per heavy atom. The molecule has 1 aliphatic rings. The number of rotatable bonds is 7. The Bertz CT molecular complexity index is 141. The largest absolute Gasteiger partial charge is 0.382 e. The third kappa shape index (κ3) is 5.27. The van der Waals surface area contributed by atoms with E-state index in [0.717, 1.165) is 32.2 Å². The normalized spacial score (nSPS) is 17.8. The van der Waals surface area contributed by atoms with Gasteiger partial charge >= 0.3 is 0 Å². The zero-order chi connectivity index (χ0) is 9.73. The summed E-state index contributed by atoms with van der Waals surface area (Å²) in [6.45, 7) is 9.53. The maximum Gasteiger partial charge on any atom is 0.0471 e. The van der Waals surface area contributed by atoms with E-state index in [9.17, 15) is 0 Å². The highest BCUT2D eigenvalue weighted by Crippen LogP contribution is 2.23.